The van der Waals surface area contributed by atoms with Crippen LogP contribution in [0.4, 0.5) is 0 Å². The predicted octanol–water partition coefficient (Wildman–Crippen LogP) is 1.44. The minimum Gasteiger partial charge on any atom is -0.393 e. The summed E-state index contributed by atoms with van der Waals surface area (Å²) in [5.41, 5.74) is 0. The second-order valence-electron chi connectivity index (χ2n) is 4.37. The van der Waals surface area contributed by atoms with Gasteiger partial charge in [-0.3, -0.25) is 4.18 Å². The molecule has 0 aromatic rings. The number of rotatable bonds is 7. The summed E-state index contributed by atoms with van der Waals surface area (Å²) >= 11 is 0. The summed E-state index contributed by atoms with van der Waals surface area (Å²) in [5.74, 6) is 0. The molecule has 0 aromatic carbocycles. The Hall–Kier alpha value is -0.130. The van der Waals surface area contributed by atoms with Gasteiger partial charge in [0.1, 0.15) is 4.75 Å². The fourth-order valence-electron chi connectivity index (χ4n) is 1.67. The van der Waals surface area contributed by atoms with Gasteiger partial charge in [-0.1, -0.05) is 13.3 Å². The molecule has 5 heteroatoms. The van der Waals surface area contributed by atoms with Crippen molar-refractivity contribution in [1.29, 1.82) is 0 Å². The molecule has 0 heterocycles. The summed E-state index contributed by atoms with van der Waals surface area (Å²) in [5, 5.41) is 9.24. The van der Waals surface area contributed by atoms with E-state index in [1.54, 1.807) is 6.92 Å². The third-order valence-electron chi connectivity index (χ3n) is 2.74. The van der Waals surface area contributed by atoms with E-state index >= 15 is 0 Å². The van der Waals surface area contributed by atoms with Gasteiger partial charge in [0.15, 0.2) is 0 Å². The Balaban J connectivity index is 2.53. The molecule has 0 spiro atoms. The van der Waals surface area contributed by atoms with Crippen LogP contribution in [0.25, 0.3) is 0 Å². The molecule has 0 saturated heterocycles. The summed E-state index contributed by atoms with van der Waals surface area (Å²) in [6.45, 7) is 3.86. The molecule has 0 amide bonds. The van der Waals surface area contributed by atoms with Crippen LogP contribution in [0.2, 0.25) is 0 Å². The standard InChI is InChI=1S/C10H20O4S/c1-3-4-7-14-15(12,13)10(5-6-10)8-9(2)11/h9,11H,3-8H2,1-2H3/t9-/m0/s1. The Kier molecular flexibility index (Phi) is 4.14. The first kappa shape index (κ1) is 12.9. The predicted molar refractivity (Wildman–Crippen MR) is 58.0 cm³/mol. The second kappa shape index (κ2) is 4.80. The molecular weight excluding hydrogens is 216 g/mol. The Morgan fingerprint density at radius 3 is 2.47 bits per heavy atom. The summed E-state index contributed by atoms with van der Waals surface area (Å²) < 4.78 is 27.8. The van der Waals surface area contributed by atoms with Gasteiger partial charge < -0.3 is 5.11 Å². The van der Waals surface area contributed by atoms with Crippen LogP contribution in [0.5, 0.6) is 0 Å². The highest BCUT2D eigenvalue weighted by Gasteiger charge is 2.55. The molecule has 1 aliphatic carbocycles. The van der Waals surface area contributed by atoms with Crippen LogP contribution in [-0.2, 0) is 14.3 Å². The molecule has 4 nitrogen and oxygen atoms in total. The number of unbranched alkanes of at least 4 members (excludes halogenated alkanes) is 1. The summed E-state index contributed by atoms with van der Waals surface area (Å²) in [6, 6.07) is 0. The van der Waals surface area contributed by atoms with Crippen molar-refractivity contribution in [1.82, 2.24) is 0 Å². The van der Waals surface area contributed by atoms with Crippen LogP contribution in [-0.4, -0.2) is 31.0 Å². The maximum absolute atomic E-state index is 11.8. The van der Waals surface area contributed by atoms with E-state index in [1.807, 2.05) is 6.92 Å². The van der Waals surface area contributed by atoms with Crippen molar-refractivity contribution in [2.75, 3.05) is 6.61 Å². The van der Waals surface area contributed by atoms with E-state index in [9.17, 15) is 13.5 Å². The highest BCUT2D eigenvalue weighted by atomic mass is 32.2. The summed E-state index contributed by atoms with van der Waals surface area (Å²) in [6.07, 6.45) is 2.61. The number of hydrogen-bond donors (Lipinski definition) is 1. The first-order valence-electron chi connectivity index (χ1n) is 5.50. The molecular formula is C10H20O4S. The van der Waals surface area contributed by atoms with Gasteiger partial charge in [0.2, 0.25) is 0 Å². The van der Waals surface area contributed by atoms with Crippen molar-refractivity contribution in [2.24, 2.45) is 0 Å². The van der Waals surface area contributed by atoms with Crippen LogP contribution < -0.4 is 0 Å². The quantitative estimate of drug-likeness (QED) is 0.536. The van der Waals surface area contributed by atoms with Crippen LogP contribution >= 0.6 is 0 Å². The van der Waals surface area contributed by atoms with E-state index in [0.29, 0.717) is 19.3 Å². The van der Waals surface area contributed by atoms with Crippen molar-refractivity contribution in [3.05, 3.63) is 0 Å². The van der Waals surface area contributed by atoms with Crippen molar-refractivity contribution in [2.45, 2.75) is 56.8 Å². The molecule has 0 bridgehead atoms. The summed E-state index contributed by atoms with van der Waals surface area (Å²) in [4.78, 5) is 0. The topological polar surface area (TPSA) is 63.6 Å². The zero-order chi connectivity index (χ0) is 11.5. The van der Waals surface area contributed by atoms with Crippen LogP contribution in [0, 0.1) is 0 Å². The molecule has 0 unspecified atom stereocenters. The number of aliphatic hydroxyl groups excluding tert-OH is 1. The van der Waals surface area contributed by atoms with Crippen molar-refractivity contribution < 1.29 is 17.7 Å². The van der Waals surface area contributed by atoms with Crippen LogP contribution in [0.1, 0.15) is 46.0 Å². The minimum absolute atomic E-state index is 0.264. The molecule has 0 aromatic heterocycles. The minimum atomic E-state index is -3.48. The van der Waals surface area contributed by atoms with Gasteiger partial charge in [0.05, 0.1) is 12.7 Å². The molecule has 1 saturated carbocycles. The zero-order valence-electron chi connectivity index (χ0n) is 9.40. The molecule has 1 rings (SSSR count). The average Bonchev–Trinajstić information content (AvgIpc) is 2.85. The molecule has 1 aliphatic rings. The van der Waals surface area contributed by atoms with E-state index in [4.69, 9.17) is 4.18 Å². The third kappa shape index (κ3) is 3.16. The van der Waals surface area contributed by atoms with Gasteiger partial charge in [-0.25, -0.2) is 0 Å². The van der Waals surface area contributed by atoms with Gasteiger partial charge in [0.25, 0.3) is 10.1 Å². The molecule has 0 aliphatic heterocycles. The summed E-state index contributed by atoms with van der Waals surface area (Å²) in [7, 11) is -3.48. The molecule has 90 valence electrons. The molecule has 0 radical (unpaired) electrons. The number of hydrogen-bond acceptors (Lipinski definition) is 4. The Bertz CT molecular complexity index is 291. The zero-order valence-corrected chi connectivity index (χ0v) is 10.2. The largest absolute Gasteiger partial charge is 0.393 e. The Morgan fingerprint density at radius 2 is 2.07 bits per heavy atom. The van der Waals surface area contributed by atoms with E-state index in [2.05, 4.69) is 0 Å². The first-order chi connectivity index (χ1) is 6.93. The monoisotopic (exact) mass is 236 g/mol. The van der Waals surface area contributed by atoms with Crippen LogP contribution in [0.3, 0.4) is 0 Å². The van der Waals surface area contributed by atoms with Gasteiger partial charge in [-0.2, -0.15) is 8.42 Å². The molecule has 1 N–H and O–H groups in total. The van der Waals surface area contributed by atoms with Gasteiger partial charge in [0, 0.05) is 0 Å². The molecule has 1 atom stereocenters. The SMILES string of the molecule is CCCCOS(=O)(=O)C1(C[C@H](C)O)CC1. The normalized spacial score (nSPS) is 21.3. The smallest absolute Gasteiger partial charge is 0.273 e. The lowest BCUT2D eigenvalue weighted by molar-refractivity contribution is 0.176. The fourth-order valence-corrected chi connectivity index (χ4v) is 3.31. The lowest BCUT2D eigenvalue weighted by Gasteiger charge is -2.17. The maximum atomic E-state index is 11.8. The first-order valence-corrected chi connectivity index (χ1v) is 6.91. The van der Waals surface area contributed by atoms with Gasteiger partial charge >= 0.3 is 0 Å². The van der Waals surface area contributed by atoms with Crippen molar-refractivity contribution >= 4 is 10.1 Å². The van der Waals surface area contributed by atoms with E-state index in [1.165, 1.54) is 0 Å². The number of aliphatic hydroxyl groups is 1. The molecule has 15 heavy (non-hydrogen) atoms. The third-order valence-corrected chi connectivity index (χ3v) is 4.85. The van der Waals surface area contributed by atoms with Crippen molar-refractivity contribution in [3.8, 4) is 0 Å². The highest BCUT2D eigenvalue weighted by Crippen LogP contribution is 2.48. The maximum Gasteiger partial charge on any atom is 0.273 e. The van der Waals surface area contributed by atoms with E-state index in [-0.39, 0.29) is 6.61 Å². The van der Waals surface area contributed by atoms with E-state index < -0.39 is 21.0 Å². The van der Waals surface area contributed by atoms with Gasteiger partial charge in [-0.05, 0) is 32.6 Å². The second-order valence-corrected chi connectivity index (χ2v) is 6.38. The van der Waals surface area contributed by atoms with Gasteiger partial charge in [-0.15, -0.1) is 0 Å². The molecule has 1 fully saturated rings. The Morgan fingerprint density at radius 1 is 1.47 bits per heavy atom. The lowest BCUT2D eigenvalue weighted by atomic mass is 10.2. The van der Waals surface area contributed by atoms with E-state index in [0.717, 1.165) is 12.8 Å². The van der Waals surface area contributed by atoms with Crippen LogP contribution in [0.15, 0.2) is 0 Å². The highest BCUT2D eigenvalue weighted by molar-refractivity contribution is 7.88. The van der Waals surface area contributed by atoms with Crippen molar-refractivity contribution in [3.63, 3.8) is 0 Å². The Labute approximate surface area is 91.8 Å². The average molecular weight is 236 g/mol. The lowest BCUT2D eigenvalue weighted by Crippen LogP contribution is -2.29. The fraction of sp³-hybridized carbons (Fsp3) is 1.00.